The van der Waals surface area contributed by atoms with Gasteiger partial charge in [-0.05, 0) is 31.9 Å². The summed E-state index contributed by atoms with van der Waals surface area (Å²) in [5, 5.41) is 0. The van der Waals surface area contributed by atoms with Gasteiger partial charge in [-0.15, -0.1) is 0 Å². The van der Waals surface area contributed by atoms with Gasteiger partial charge < -0.3 is 15.5 Å². The Labute approximate surface area is 160 Å². The van der Waals surface area contributed by atoms with Crippen molar-refractivity contribution in [2.45, 2.75) is 33.7 Å². The number of amides is 1. The minimum Gasteiger partial charge on any atom is -0.368 e. The molecule has 0 bridgehead atoms. The number of anilines is 2. The molecule has 0 spiro atoms. The second-order valence-corrected chi connectivity index (χ2v) is 7.92. The molecule has 2 fully saturated rings. The van der Waals surface area contributed by atoms with Crippen LogP contribution in [0.4, 0.5) is 11.8 Å². The SMILES string of the molecule is CC(=O)N1C[C@H]2CN(c3nc(N)nc(C)c3C)C[C@H]2[C@@H]1c1ccccc1C. The maximum absolute atomic E-state index is 12.3. The summed E-state index contributed by atoms with van der Waals surface area (Å²) in [6, 6.07) is 8.55. The second-order valence-electron chi connectivity index (χ2n) is 7.92. The van der Waals surface area contributed by atoms with Crippen LogP contribution in [0, 0.1) is 32.6 Å². The number of aryl methyl sites for hydroxylation is 2. The molecule has 2 aliphatic heterocycles. The minimum atomic E-state index is 0.124. The highest BCUT2D eigenvalue weighted by molar-refractivity contribution is 5.74. The Balaban J connectivity index is 1.69. The molecule has 1 amide bonds. The fraction of sp³-hybridized carbons (Fsp3) is 0.476. The fourth-order valence-electron chi connectivity index (χ4n) is 4.80. The number of nitrogens with two attached hydrogens (primary N) is 1. The standard InChI is InChI=1S/C21H27N5O/c1-12-7-5-6-8-17(12)19-18-11-25(9-16(18)10-26(19)15(4)27)20-13(2)14(3)23-21(22)24-20/h5-8,16,18-19H,9-11H2,1-4H3,(H2,22,23,24)/t16-,18-,19+/m1/s1. The van der Waals surface area contributed by atoms with Crippen molar-refractivity contribution in [3.8, 4) is 0 Å². The number of carbonyl (C=O) groups is 1. The van der Waals surface area contributed by atoms with Crippen LogP contribution in [-0.2, 0) is 4.79 Å². The van der Waals surface area contributed by atoms with Crippen molar-refractivity contribution in [2.24, 2.45) is 11.8 Å². The highest BCUT2D eigenvalue weighted by Crippen LogP contribution is 2.46. The Hall–Kier alpha value is -2.63. The number of benzene rings is 1. The van der Waals surface area contributed by atoms with Crippen LogP contribution in [0.1, 0.15) is 35.3 Å². The Kier molecular flexibility index (Phi) is 4.29. The number of hydrogen-bond acceptors (Lipinski definition) is 5. The van der Waals surface area contributed by atoms with Gasteiger partial charge in [-0.2, -0.15) is 4.98 Å². The molecule has 0 unspecified atom stereocenters. The van der Waals surface area contributed by atoms with Crippen molar-refractivity contribution in [1.29, 1.82) is 0 Å². The average molecular weight is 365 g/mol. The molecule has 0 aliphatic carbocycles. The van der Waals surface area contributed by atoms with Gasteiger partial charge in [0.2, 0.25) is 11.9 Å². The predicted octanol–water partition coefficient (Wildman–Crippen LogP) is 2.64. The number of carbonyl (C=O) groups excluding carboxylic acids is 1. The Morgan fingerprint density at radius 1 is 1.11 bits per heavy atom. The summed E-state index contributed by atoms with van der Waals surface area (Å²) in [6.45, 7) is 10.4. The number of nitrogens with zero attached hydrogens (tertiary/aromatic N) is 4. The molecule has 2 N–H and O–H groups in total. The zero-order valence-corrected chi connectivity index (χ0v) is 16.4. The monoisotopic (exact) mass is 365 g/mol. The number of rotatable bonds is 2. The van der Waals surface area contributed by atoms with Gasteiger partial charge in [0.1, 0.15) is 5.82 Å². The lowest BCUT2D eigenvalue weighted by molar-refractivity contribution is -0.130. The van der Waals surface area contributed by atoms with Crippen LogP contribution < -0.4 is 10.6 Å². The van der Waals surface area contributed by atoms with Gasteiger partial charge in [0.15, 0.2) is 0 Å². The summed E-state index contributed by atoms with van der Waals surface area (Å²) in [5.74, 6) is 2.25. The van der Waals surface area contributed by atoms with E-state index in [9.17, 15) is 4.79 Å². The van der Waals surface area contributed by atoms with Crippen molar-refractivity contribution in [2.75, 3.05) is 30.3 Å². The average Bonchev–Trinajstić information content (AvgIpc) is 3.16. The second kappa shape index (κ2) is 6.51. The first-order valence-corrected chi connectivity index (χ1v) is 9.55. The largest absolute Gasteiger partial charge is 0.368 e. The highest BCUT2D eigenvalue weighted by atomic mass is 16.2. The van der Waals surface area contributed by atoms with Crippen LogP contribution in [0.15, 0.2) is 24.3 Å². The van der Waals surface area contributed by atoms with Gasteiger partial charge in [0, 0.05) is 49.7 Å². The van der Waals surface area contributed by atoms with E-state index in [1.807, 2.05) is 6.92 Å². The van der Waals surface area contributed by atoms with Crippen molar-refractivity contribution < 1.29 is 4.79 Å². The summed E-state index contributed by atoms with van der Waals surface area (Å²) in [5.41, 5.74) is 10.4. The third-order valence-corrected chi connectivity index (χ3v) is 6.26. The van der Waals surface area contributed by atoms with E-state index in [-0.39, 0.29) is 11.9 Å². The van der Waals surface area contributed by atoms with E-state index in [0.29, 0.717) is 17.8 Å². The van der Waals surface area contributed by atoms with Crippen molar-refractivity contribution >= 4 is 17.7 Å². The van der Waals surface area contributed by atoms with E-state index in [4.69, 9.17) is 5.73 Å². The first-order valence-electron chi connectivity index (χ1n) is 9.55. The van der Waals surface area contributed by atoms with Crippen LogP contribution in [0.25, 0.3) is 0 Å². The summed E-state index contributed by atoms with van der Waals surface area (Å²) >= 11 is 0. The van der Waals surface area contributed by atoms with Crippen LogP contribution in [0.2, 0.25) is 0 Å². The molecule has 0 radical (unpaired) electrons. The summed E-state index contributed by atoms with van der Waals surface area (Å²) < 4.78 is 0. The molecular weight excluding hydrogens is 338 g/mol. The lowest BCUT2D eigenvalue weighted by Gasteiger charge is -2.30. The fourth-order valence-corrected chi connectivity index (χ4v) is 4.80. The highest BCUT2D eigenvalue weighted by Gasteiger charge is 2.49. The minimum absolute atomic E-state index is 0.124. The van der Waals surface area contributed by atoms with Crippen molar-refractivity contribution in [3.05, 3.63) is 46.6 Å². The van der Waals surface area contributed by atoms with Crippen LogP contribution >= 0.6 is 0 Å². The third-order valence-electron chi connectivity index (χ3n) is 6.26. The molecule has 1 aromatic carbocycles. The lowest BCUT2D eigenvalue weighted by atomic mass is 9.87. The normalized spacial score (nSPS) is 24.4. The Morgan fingerprint density at radius 3 is 2.56 bits per heavy atom. The molecule has 2 aliphatic rings. The molecule has 27 heavy (non-hydrogen) atoms. The summed E-state index contributed by atoms with van der Waals surface area (Å²) in [7, 11) is 0. The molecule has 2 saturated heterocycles. The molecule has 6 heteroatoms. The van der Waals surface area contributed by atoms with E-state index in [1.165, 1.54) is 11.1 Å². The van der Waals surface area contributed by atoms with Crippen molar-refractivity contribution in [1.82, 2.24) is 14.9 Å². The number of fused-ring (bicyclic) bond motifs is 1. The van der Waals surface area contributed by atoms with Crippen molar-refractivity contribution in [3.63, 3.8) is 0 Å². The molecule has 142 valence electrons. The van der Waals surface area contributed by atoms with Gasteiger partial charge in [-0.1, -0.05) is 24.3 Å². The summed E-state index contributed by atoms with van der Waals surface area (Å²) in [4.78, 5) is 25.5. The van der Waals surface area contributed by atoms with E-state index in [1.54, 1.807) is 6.92 Å². The van der Waals surface area contributed by atoms with E-state index < -0.39 is 0 Å². The summed E-state index contributed by atoms with van der Waals surface area (Å²) in [6.07, 6.45) is 0. The van der Waals surface area contributed by atoms with Crippen LogP contribution in [0.3, 0.4) is 0 Å². The predicted molar refractivity (Wildman–Crippen MR) is 106 cm³/mol. The Bertz CT molecular complexity index is 896. The molecule has 3 atom stereocenters. The quantitative estimate of drug-likeness (QED) is 0.885. The Morgan fingerprint density at radius 2 is 1.85 bits per heavy atom. The molecule has 3 heterocycles. The zero-order chi connectivity index (χ0) is 19.3. The lowest BCUT2D eigenvalue weighted by Crippen LogP contribution is -2.35. The first-order chi connectivity index (χ1) is 12.9. The van der Waals surface area contributed by atoms with E-state index in [2.05, 4.69) is 57.9 Å². The molecule has 2 aromatic rings. The van der Waals surface area contributed by atoms with Crippen LogP contribution in [-0.4, -0.2) is 40.4 Å². The maximum Gasteiger partial charge on any atom is 0.222 e. The van der Waals surface area contributed by atoms with Gasteiger partial charge >= 0.3 is 0 Å². The topological polar surface area (TPSA) is 75.4 Å². The third kappa shape index (κ3) is 2.93. The molecule has 1 aromatic heterocycles. The first kappa shape index (κ1) is 17.8. The van der Waals surface area contributed by atoms with E-state index >= 15 is 0 Å². The van der Waals surface area contributed by atoms with E-state index in [0.717, 1.165) is 36.7 Å². The van der Waals surface area contributed by atoms with Gasteiger partial charge in [-0.25, -0.2) is 4.98 Å². The molecule has 4 rings (SSSR count). The van der Waals surface area contributed by atoms with Gasteiger partial charge in [0.05, 0.1) is 6.04 Å². The van der Waals surface area contributed by atoms with Gasteiger partial charge in [-0.3, -0.25) is 4.79 Å². The number of aromatic nitrogens is 2. The number of hydrogen-bond donors (Lipinski definition) is 1. The number of nitrogen functional groups attached to an aromatic ring is 1. The van der Waals surface area contributed by atoms with Crippen LogP contribution in [0.5, 0.6) is 0 Å². The maximum atomic E-state index is 12.3. The zero-order valence-electron chi connectivity index (χ0n) is 16.4. The number of likely N-dealkylation sites (tertiary alicyclic amines) is 1. The smallest absolute Gasteiger partial charge is 0.222 e. The molecule has 0 saturated carbocycles. The van der Waals surface area contributed by atoms with Gasteiger partial charge in [0.25, 0.3) is 0 Å². The molecular formula is C21H27N5O. The molecule has 6 nitrogen and oxygen atoms in total.